The van der Waals surface area contributed by atoms with Crippen LogP contribution in [-0.4, -0.2) is 65.7 Å². The zero-order valence-corrected chi connectivity index (χ0v) is 65.1. The van der Waals surface area contributed by atoms with E-state index in [1.54, 1.807) is 25.2 Å². The first-order chi connectivity index (χ1) is 44.3. The first-order valence-electron chi connectivity index (χ1n) is 30.7. The molecular formula is C75H86Br2N2Na2O12S2. The average Bonchev–Trinajstić information content (AvgIpc) is 0.994. The molecule has 20 heteroatoms. The summed E-state index contributed by atoms with van der Waals surface area (Å²) in [6, 6.07) is 67.0. The number of halogens is 2. The maximum atomic E-state index is 11.3. The molecule has 95 heavy (non-hydrogen) atoms. The van der Waals surface area contributed by atoms with Crippen molar-refractivity contribution >= 4 is 86.1 Å². The molecule has 0 spiro atoms. The fourth-order valence-electron chi connectivity index (χ4n) is 8.67. The van der Waals surface area contributed by atoms with Crippen LogP contribution < -0.4 is 78.8 Å². The Morgan fingerprint density at radius 2 is 0.937 bits per heavy atom. The van der Waals surface area contributed by atoms with Gasteiger partial charge in [-0.1, -0.05) is 209 Å². The summed E-state index contributed by atoms with van der Waals surface area (Å²) < 4.78 is 75.5. The van der Waals surface area contributed by atoms with Gasteiger partial charge in [-0.25, -0.2) is 16.8 Å². The summed E-state index contributed by atoms with van der Waals surface area (Å²) in [5, 5.41) is 23.5. The molecule has 9 aromatic rings. The molecule has 0 aliphatic heterocycles. The number of hydrogen-bond acceptors (Lipinski definition) is 12. The molecule has 0 saturated carbocycles. The summed E-state index contributed by atoms with van der Waals surface area (Å²) in [5.74, 6) is 4.50. The number of carbonyl (C=O) groups is 2. The third-order valence-corrected chi connectivity index (χ3v) is 18.0. The summed E-state index contributed by atoms with van der Waals surface area (Å²) >= 11 is 5.98. The number of aromatic hydroxyl groups is 2. The Hall–Kier alpha value is -5.84. The normalized spacial score (nSPS) is 11.8. The van der Waals surface area contributed by atoms with Gasteiger partial charge in [0.25, 0.3) is 0 Å². The van der Waals surface area contributed by atoms with Crippen molar-refractivity contribution in [3.63, 3.8) is 0 Å². The fraction of sp³-hybridized carbons (Fsp3) is 0.280. The van der Waals surface area contributed by atoms with Gasteiger partial charge in [0.05, 0.1) is 20.5 Å². The molecule has 496 valence electrons. The number of anilines is 2. The van der Waals surface area contributed by atoms with Gasteiger partial charge in [0.15, 0.2) is 0 Å². The third-order valence-electron chi connectivity index (χ3n) is 15.3. The number of fused-ring (bicyclic) bond motifs is 1. The molecule has 4 unspecified atom stereocenters. The molecule has 0 heterocycles. The minimum atomic E-state index is -4.43. The van der Waals surface area contributed by atoms with E-state index in [4.69, 9.17) is 19.7 Å². The third kappa shape index (κ3) is 31.1. The second-order valence-electron chi connectivity index (χ2n) is 22.0. The number of rotatable bonds is 20. The zero-order chi connectivity index (χ0) is 68.5. The number of nitrogens with one attached hydrogen (secondary N) is 1. The Morgan fingerprint density at radius 3 is 1.44 bits per heavy atom. The molecule has 9 rings (SSSR count). The Balaban J connectivity index is 0.000000393. The SMILES string of the molecule is CCC(C)c1ccc(O)cc1.CCC(C)c1ccc(OCc2cccc3ccccc23)cc1.CCC(C)c1cccc(O)c1.CCC(C)c1cccc(OCc2ccccc2)c1.CN(C(=O)CBr)c1ccc(S(=O)(=O)[O-])cc1.O=C(CBr)Nc1ccc(S(=O)(=O)[O-])cc1.[Na+].[Na+]. The second kappa shape index (κ2) is 44.9. The molecule has 0 saturated heterocycles. The van der Waals surface area contributed by atoms with Crippen molar-refractivity contribution in [3.05, 3.63) is 252 Å². The van der Waals surface area contributed by atoms with Gasteiger partial charge in [0, 0.05) is 18.4 Å². The van der Waals surface area contributed by atoms with Crippen LogP contribution in [0.15, 0.2) is 228 Å². The molecule has 0 aliphatic rings. The molecule has 4 atom stereocenters. The van der Waals surface area contributed by atoms with Gasteiger partial charge in [-0.05, 0) is 191 Å². The predicted molar refractivity (Wildman–Crippen MR) is 381 cm³/mol. The van der Waals surface area contributed by atoms with E-state index in [-0.39, 0.29) is 91.4 Å². The summed E-state index contributed by atoms with van der Waals surface area (Å²) in [6.07, 6.45) is 4.58. The molecule has 3 N–H and O–H groups in total. The Labute approximate surface area is 624 Å². The van der Waals surface area contributed by atoms with Crippen LogP contribution >= 0.6 is 31.9 Å². The van der Waals surface area contributed by atoms with Gasteiger partial charge in [0.1, 0.15) is 56.4 Å². The molecular weight excluding hydrogens is 1390 g/mol. The van der Waals surface area contributed by atoms with Crippen molar-refractivity contribution in [1.29, 1.82) is 0 Å². The largest absolute Gasteiger partial charge is 1.00 e. The van der Waals surface area contributed by atoms with E-state index in [9.17, 15) is 35.5 Å². The summed E-state index contributed by atoms with van der Waals surface area (Å²) in [5.41, 5.74) is 8.63. The Morgan fingerprint density at radius 1 is 0.484 bits per heavy atom. The molecule has 0 aliphatic carbocycles. The van der Waals surface area contributed by atoms with Crippen LogP contribution in [0.3, 0.4) is 0 Å². The number of hydrogen-bond donors (Lipinski definition) is 3. The van der Waals surface area contributed by atoms with Crippen LogP contribution in [-0.2, 0) is 43.0 Å². The second-order valence-corrected chi connectivity index (χ2v) is 25.8. The van der Waals surface area contributed by atoms with E-state index in [0.717, 1.165) is 49.3 Å². The number of nitrogens with zero attached hydrogens (tertiary/aromatic N) is 1. The van der Waals surface area contributed by atoms with Crippen molar-refractivity contribution in [1.82, 2.24) is 0 Å². The monoisotopic (exact) mass is 1470 g/mol. The smallest absolute Gasteiger partial charge is 0.744 e. The number of phenolic OH excluding ortho intramolecular Hbond substituents is 2. The topological polar surface area (TPSA) is 223 Å². The maximum Gasteiger partial charge on any atom is 1.00 e. The maximum absolute atomic E-state index is 11.3. The van der Waals surface area contributed by atoms with Crippen molar-refractivity contribution in [2.75, 3.05) is 27.9 Å². The van der Waals surface area contributed by atoms with Gasteiger partial charge in [0.2, 0.25) is 11.8 Å². The quantitative estimate of drug-likeness (QED) is 0.0368. The van der Waals surface area contributed by atoms with E-state index in [1.807, 2.05) is 54.6 Å². The van der Waals surface area contributed by atoms with Crippen LogP contribution in [0.2, 0.25) is 0 Å². The molecule has 0 aromatic heterocycles. The van der Waals surface area contributed by atoms with Crippen LogP contribution in [0.4, 0.5) is 11.4 Å². The Bertz CT molecular complexity index is 3910. The van der Waals surface area contributed by atoms with Crippen LogP contribution in [0.1, 0.15) is 138 Å². The standard InChI is InChI=1S/C21H22O.C17H20O.2C10H14O.C9H10BrNO4S.C8H8BrNO4S.2Na/c1-3-16(2)17-11-13-20(14-12-17)22-15-19-9-6-8-18-7-4-5-10-21(18)19;1-3-14(2)16-10-7-11-17(12-16)18-13-15-8-5-4-6-9-15;1-3-8(2)9-4-6-10(11)7-5-9;1-3-8(2)9-5-4-6-10(11)7-9;1-11(9(12)6-10)7-2-4-8(5-3-7)16(13,14)15;9-5-8(11)10-6-1-3-7(4-2-6)15(12,13)14;;/h4-14,16H,3,15H2,1-2H3;4-12,14H,3,13H2,1-2H3;2*4-8,11H,3H2,1-2H3;2-5H,6H2,1H3,(H,13,14,15);1-4H,5H2,(H,10,11)(H,12,13,14);;/q;;;;;;2*+1/p-2. The van der Waals surface area contributed by atoms with E-state index < -0.39 is 20.2 Å². The van der Waals surface area contributed by atoms with E-state index in [2.05, 4.69) is 190 Å². The number of alkyl halides is 2. The zero-order valence-electron chi connectivity index (χ0n) is 56.2. The fourth-order valence-corrected chi connectivity index (χ4v) is 10.1. The minimum absolute atomic E-state index is 0. The number of ether oxygens (including phenoxy) is 2. The number of carbonyl (C=O) groups excluding carboxylic acids is 2. The summed E-state index contributed by atoms with van der Waals surface area (Å²) in [4.78, 5) is 22.9. The van der Waals surface area contributed by atoms with Gasteiger partial charge in [-0.2, -0.15) is 0 Å². The van der Waals surface area contributed by atoms with Crippen molar-refractivity contribution in [2.45, 2.75) is 128 Å². The summed E-state index contributed by atoms with van der Waals surface area (Å²) in [6.45, 7) is 18.8. The number of amides is 2. The number of benzene rings is 9. The predicted octanol–water partition coefficient (Wildman–Crippen LogP) is 12.4. The minimum Gasteiger partial charge on any atom is -0.744 e. The summed E-state index contributed by atoms with van der Waals surface area (Å²) in [7, 11) is -7.30. The first kappa shape index (κ1) is 85.2. The van der Waals surface area contributed by atoms with Crippen LogP contribution in [0.25, 0.3) is 10.8 Å². The number of phenols is 2. The van der Waals surface area contributed by atoms with Crippen molar-refractivity contribution < 1.29 is 114 Å². The average molecular weight is 1480 g/mol. The Kier molecular flexibility index (Phi) is 40.3. The molecule has 9 aromatic carbocycles. The van der Waals surface area contributed by atoms with Crippen molar-refractivity contribution in [3.8, 4) is 23.0 Å². The van der Waals surface area contributed by atoms with Crippen LogP contribution in [0.5, 0.6) is 23.0 Å². The molecule has 14 nitrogen and oxygen atoms in total. The van der Waals surface area contributed by atoms with Gasteiger partial charge < -0.3 is 39.0 Å². The molecule has 2 amide bonds. The molecule has 0 radical (unpaired) electrons. The van der Waals surface area contributed by atoms with E-state index in [1.165, 1.54) is 85.5 Å². The molecule has 0 fully saturated rings. The van der Waals surface area contributed by atoms with Gasteiger partial charge in [-0.3, -0.25) is 9.59 Å². The van der Waals surface area contributed by atoms with E-state index in [0.29, 0.717) is 59.8 Å². The van der Waals surface area contributed by atoms with Crippen LogP contribution in [0, 0.1) is 0 Å². The van der Waals surface area contributed by atoms with Crippen molar-refractivity contribution in [2.24, 2.45) is 0 Å². The van der Waals surface area contributed by atoms with Gasteiger partial charge in [-0.15, -0.1) is 0 Å². The van der Waals surface area contributed by atoms with E-state index >= 15 is 0 Å². The molecule has 0 bridgehead atoms. The first-order valence-corrected chi connectivity index (χ1v) is 35.7. The van der Waals surface area contributed by atoms with Gasteiger partial charge >= 0.3 is 59.1 Å².